The number of aromatic nitrogens is 4. The van der Waals surface area contributed by atoms with Crippen LogP contribution in [0.15, 0.2) is 35.4 Å². The van der Waals surface area contributed by atoms with Crippen molar-refractivity contribution >= 4 is 22.6 Å². The van der Waals surface area contributed by atoms with Gasteiger partial charge in [0.15, 0.2) is 5.65 Å². The van der Waals surface area contributed by atoms with E-state index in [0.29, 0.717) is 24.8 Å². The highest BCUT2D eigenvalue weighted by molar-refractivity contribution is 6.07. The molecule has 190 valence electrons. The van der Waals surface area contributed by atoms with Crippen molar-refractivity contribution in [3.8, 4) is 5.88 Å². The fourth-order valence-corrected chi connectivity index (χ4v) is 5.68. The Morgan fingerprint density at radius 2 is 2.14 bits per heavy atom. The van der Waals surface area contributed by atoms with Crippen molar-refractivity contribution in [2.75, 3.05) is 25.6 Å². The fraction of sp³-hybridized carbons (Fsp3) is 0.538. The molecule has 1 N–H and O–H groups in total. The summed E-state index contributed by atoms with van der Waals surface area (Å²) in [7, 11) is 1.68. The summed E-state index contributed by atoms with van der Waals surface area (Å²) in [6, 6.07) is 5.33. The van der Waals surface area contributed by atoms with Gasteiger partial charge in [0, 0.05) is 43.8 Å². The second kappa shape index (κ2) is 8.14. The number of pyridine rings is 2. The van der Waals surface area contributed by atoms with Crippen molar-refractivity contribution in [1.82, 2.24) is 19.3 Å². The third-order valence-corrected chi connectivity index (χ3v) is 7.54. The molecule has 4 aliphatic rings. The molecule has 2 saturated heterocycles. The lowest BCUT2D eigenvalue weighted by molar-refractivity contribution is -0.0694. The molecule has 7 rings (SSSR count). The lowest BCUT2D eigenvalue weighted by Gasteiger charge is -2.43. The minimum absolute atomic E-state index is 0.186. The van der Waals surface area contributed by atoms with Crippen LogP contribution in [0.1, 0.15) is 56.4 Å². The Morgan fingerprint density at radius 3 is 2.83 bits per heavy atom. The van der Waals surface area contributed by atoms with E-state index >= 15 is 0 Å². The maximum absolute atomic E-state index is 13.4. The molecule has 0 radical (unpaired) electrons. The van der Waals surface area contributed by atoms with E-state index in [4.69, 9.17) is 19.3 Å². The van der Waals surface area contributed by atoms with Crippen LogP contribution in [-0.4, -0.2) is 57.3 Å². The number of hydrogen-bond donors (Lipinski definition) is 1. The zero-order valence-electron chi connectivity index (χ0n) is 21.0. The molecule has 1 amide bonds. The van der Waals surface area contributed by atoms with Crippen LogP contribution in [0, 0.1) is 5.92 Å². The maximum Gasteiger partial charge on any atom is 0.274 e. The number of nitrogens with one attached hydrogen (secondary N) is 1. The Labute approximate surface area is 208 Å². The molecular weight excluding hydrogens is 462 g/mol. The van der Waals surface area contributed by atoms with E-state index in [1.165, 1.54) is 0 Å². The summed E-state index contributed by atoms with van der Waals surface area (Å²) in [6.07, 6.45) is 6.10. The first kappa shape index (κ1) is 23.2. The smallest absolute Gasteiger partial charge is 0.274 e. The van der Waals surface area contributed by atoms with Gasteiger partial charge in [-0.3, -0.25) is 14.3 Å². The van der Waals surface area contributed by atoms with Crippen LogP contribution in [0.5, 0.6) is 5.88 Å². The number of ether oxygens (including phenoxy) is 3. The predicted molar refractivity (Wildman–Crippen MR) is 133 cm³/mol. The first-order valence-corrected chi connectivity index (χ1v) is 12.5. The predicted octanol–water partition coefficient (Wildman–Crippen LogP) is 3.12. The third kappa shape index (κ3) is 3.70. The van der Waals surface area contributed by atoms with Crippen molar-refractivity contribution in [2.24, 2.45) is 5.92 Å². The highest BCUT2D eigenvalue weighted by Crippen LogP contribution is 2.56. The molecule has 0 spiro atoms. The second-order valence-electron chi connectivity index (χ2n) is 10.8. The largest absolute Gasteiger partial charge is 0.474 e. The number of carbonyl (C=O) groups is 1. The molecule has 5 heterocycles. The third-order valence-electron chi connectivity index (χ3n) is 7.54. The minimum atomic E-state index is -0.448. The number of nitrogens with zero attached hydrogens (tertiary/aromatic N) is 4. The van der Waals surface area contributed by atoms with Crippen molar-refractivity contribution in [3.05, 3.63) is 46.5 Å². The van der Waals surface area contributed by atoms with E-state index < -0.39 is 5.91 Å². The van der Waals surface area contributed by atoms with Gasteiger partial charge in [0.25, 0.3) is 11.5 Å². The Bertz CT molecular complexity index is 1400. The van der Waals surface area contributed by atoms with Gasteiger partial charge in [-0.15, -0.1) is 0 Å². The van der Waals surface area contributed by atoms with Gasteiger partial charge >= 0.3 is 0 Å². The molecule has 2 saturated carbocycles. The Hall–Kier alpha value is -3.24. The van der Waals surface area contributed by atoms with Gasteiger partial charge in [-0.25, -0.2) is 0 Å². The van der Waals surface area contributed by atoms with Crippen molar-refractivity contribution in [1.29, 1.82) is 0 Å². The zero-order valence-corrected chi connectivity index (χ0v) is 21.0. The summed E-state index contributed by atoms with van der Waals surface area (Å²) in [5.41, 5.74) is 0.316. The molecule has 36 heavy (non-hydrogen) atoms. The summed E-state index contributed by atoms with van der Waals surface area (Å²) in [5.74, 6) is 0.203. The van der Waals surface area contributed by atoms with Gasteiger partial charge in [0.05, 0.1) is 30.5 Å². The summed E-state index contributed by atoms with van der Waals surface area (Å²) in [5, 5.41) is 8.23. The molecule has 0 unspecified atom stereocenters. The van der Waals surface area contributed by atoms with E-state index in [-0.39, 0.29) is 46.0 Å². The Balaban J connectivity index is 1.32. The average Bonchev–Trinajstić information content (AvgIpc) is 3.13. The first-order chi connectivity index (χ1) is 17.2. The molecule has 4 fully saturated rings. The quantitative estimate of drug-likeness (QED) is 0.513. The lowest BCUT2D eigenvalue weighted by atomic mass is 9.69. The number of methoxy groups -OCH3 is 1. The molecule has 10 heteroatoms. The van der Waals surface area contributed by atoms with Crippen LogP contribution in [0.4, 0.5) is 5.69 Å². The van der Waals surface area contributed by atoms with E-state index in [9.17, 15) is 9.59 Å². The maximum atomic E-state index is 13.4. The van der Waals surface area contributed by atoms with E-state index in [1.807, 2.05) is 24.7 Å². The Morgan fingerprint density at radius 1 is 1.36 bits per heavy atom. The summed E-state index contributed by atoms with van der Waals surface area (Å²) >= 11 is 0. The topological polar surface area (TPSA) is 110 Å². The lowest BCUT2D eigenvalue weighted by Crippen LogP contribution is -2.53. The minimum Gasteiger partial charge on any atom is -0.474 e. The number of hydrogen-bond acceptors (Lipinski definition) is 7. The standard InChI is InChI=1S/C26H31N5O5/c1-15(2)36-23-18(22(32)27-19-6-5-7-30(24(19)33)20-8-16(20)3)9-17-10-31(29-21(17)28-23)25-11-26(12-25,14-34-4)35-13-25/h5-7,9-10,15-16,20H,8,11-14H2,1-4H3,(H,27,32)/t16-,20+,25?,26?/m0/s1. The molecule has 2 atom stereocenters. The van der Waals surface area contributed by atoms with Crippen LogP contribution in [-0.2, 0) is 15.0 Å². The van der Waals surface area contributed by atoms with Crippen LogP contribution >= 0.6 is 0 Å². The molecule has 0 aromatic carbocycles. The van der Waals surface area contributed by atoms with Gasteiger partial charge in [-0.1, -0.05) is 6.92 Å². The van der Waals surface area contributed by atoms with Crippen LogP contribution in [0.3, 0.4) is 0 Å². The molecule has 2 aliphatic heterocycles. The van der Waals surface area contributed by atoms with Gasteiger partial charge in [0.2, 0.25) is 5.88 Å². The Kier molecular flexibility index (Phi) is 5.24. The number of fused-ring (bicyclic) bond motifs is 2. The molecular formula is C26H31N5O5. The first-order valence-electron chi connectivity index (χ1n) is 12.5. The van der Waals surface area contributed by atoms with Crippen LogP contribution < -0.4 is 15.6 Å². The summed E-state index contributed by atoms with van der Waals surface area (Å²) < 4.78 is 20.9. The van der Waals surface area contributed by atoms with Gasteiger partial charge in [0.1, 0.15) is 11.3 Å². The van der Waals surface area contributed by atoms with E-state index in [2.05, 4.69) is 17.2 Å². The molecule has 3 aromatic heterocycles. The fourth-order valence-electron chi connectivity index (χ4n) is 5.68. The van der Waals surface area contributed by atoms with E-state index in [0.717, 1.165) is 24.6 Å². The molecule has 2 bridgehead atoms. The molecule has 2 aliphatic carbocycles. The van der Waals surface area contributed by atoms with Gasteiger partial charge < -0.3 is 24.1 Å². The van der Waals surface area contributed by atoms with Crippen LogP contribution in [0.2, 0.25) is 0 Å². The van der Waals surface area contributed by atoms with E-state index in [1.54, 1.807) is 36.1 Å². The second-order valence-corrected chi connectivity index (χ2v) is 10.8. The van der Waals surface area contributed by atoms with Crippen molar-refractivity contribution < 1.29 is 19.0 Å². The summed E-state index contributed by atoms with van der Waals surface area (Å²) in [4.78, 5) is 30.9. The van der Waals surface area contributed by atoms with Gasteiger partial charge in [-0.05, 0) is 44.4 Å². The number of rotatable bonds is 8. The number of carbonyl (C=O) groups excluding carboxylic acids is 1. The number of anilines is 1. The zero-order chi connectivity index (χ0) is 25.2. The normalized spacial score (nSPS) is 28.4. The van der Waals surface area contributed by atoms with Crippen LogP contribution in [0.25, 0.3) is 11.0 Å². The average molecular weight is 494 g/mol. The molecule has 10 nitrogen and oxygen atoms in total. The van der Waals surface area contributed by atoms with Crippen molar-refractivity contribution in [3.63, 3.8) is 0 Å². The highest BCUT2D eigenvalue weighted by Gasteiger charge is 2.64. The van der Waals surface area contributed by atoms with Gasteiger partial charge in [-0.2, -0.15) is 10.1 Å². The molecule has 3 aromatic rings. The highest BCUT2D eigenvalue weighted by atomic mass is 16.6. The van der Waals surface area contributed by atoms with Crippen molar-refractivity contribution in [2.45, 2.75) is 63.3 Å². The summed E-state index contributed by atoms with van der Waals surface area (Å²) in [6.45, 7) is 6.98. The monoisotopic (exact) mass is 493 g/mol. The number of amides is 1. The SMILES string of the molecule is COCC12CC(n3cc4cc(C(=O)Nc5cccn([C@@H]6C[C@@H]6C)c5=O)c(OC(C)C)nc4n3)(CO1)C2.